The van der Waals surface area contributed by atoms with Crippen LogP contribution in [0.5, 0.6) is 0 Å². The van der Waals surface area contributed by atoms with E-state index in [1.165, 1.54) is 0 Å². The van der Waals surface area contributed by atoms with Gasteiger partial charge in [0.1, 0.15) is 5.69 Å². The summed E-state index contributed by atoms with van der Waals surface area (Å²) in [6.07, 6.45) is 3.41. The number of halogens is 1. The summed E-state index contributed by atoms with van der Waals surface area (Å²) in [6, 6.07) is 8.42. The zero-order valence-corrected chi connectivity index (χ0v) is 15.1. The van der Waals surface area contributed by atoms with Crippen molar-refractivity contribution in [1.82, 2.24) is 25.1 Å². The highest BCUT2D eigenvalue weighted by Gasteiger charge is 2.16. The van der Waals surface area contributed by atoms with Crippen molar-refractivity contribution in [2.45, 2.75) is 13.0 Å². The lowest BCUT2D eigenvalue weighted by Gasteiger charge is -2.12. The Labute approximate surface area is 155 Å². The molecule has 0 aliphatic heterocycles. The monoisotopic (exact) mass is 371 g/mol. The average Bonchev–Trinajstić information content (AvgIpc) is 3.08. The molecule has 2 N–H and O–H groups in total. The maximum atomic E-state index is 12.5. The van der Waals surface area contributed by atoms with Crippen LogP contribution in [0.2, 0.25) is 5.02 Å². The zero-order valence-electron chi connectivity index (χ0n) is 14.3. The van der Waals surface area contributed by atoms with Gasteiger partial charge in [-0.3, -0.25) is 9.48 Å². The second-order valence-corrected chi connectivity index (χ2v) is 6.37. The van der Waals surface area contributed by atoms with Gasteiger partial charge in [0.15, 0.2) is 5.82 Å². The molecule has 0 saturated heterocycles. The van der Waals surface area contributed by atoms with Crippen LogP contribution in [0, 0.1) is 0 Å². The summed E-state index contributed by atoms with van der Waals surface area (Å²) in [7, 11) is 1.79. The summed E-state index contributed by atoms with van der Waals surface area (Å²) < 4.78 is 1.64. The molecule has 1 aromatic carbocycles. The van der Waals surface area contributed by atoms with Gasteiger partial charge in [0, 0.05) is 29.9 Å². The van der Waals surface area contributed by atoms with Crippen LogP contribution < -0.4 is 5.32 Å². The minimum atomic E-state index is -0.380. The molecule has 0 aliphatic rings. The highest BCUT2D eigenvalue weighted by Crippen LogP contribution is 2.23. The SMILES string of the molecule is C[C@H](CO)NC(=O)c1cc(-c2ccc(Cl)cc2)nc(-c2cnn(C)c2)n1. The number of aliphatic hydroxyl groups excluding tert-OH is 1. The maximum absolute atomic E-state index is 12.5. The molecular weight excluding hydrogens is 354 g/mol. The van der Waals surface area contributed by atoms with Crippen LogP contribution in [0.15, 0.2) is 42.7 Å². The summed E-state index contributed by atoms with van der Waals surface area (Å²) in [5.41, 5.74) is 2.32. The van der Waals surface area contributed by atoms with Crippen LogP contribution in [-0.4, -0.2) is 43.4 Å². The third-order valence-corrected chi connectivity index (χ3v) is 3.97. The van der Waals surface area contributed by atoms with E-state index in [1.54, 1.807) is 49.2 Å². The van der Waals surface area contributed by atoms with E-state index in [4.69, 9.17) is 16.7 Å². The molecular formula is C18H18ClN5O2. The predicted molar refractivity (Wildman–Crippen MR) is 98.7 cm³/mol. The number of benzene rings is 1. The van der Waals surface area contributed by atoms with Gasteiger partial charge in [-0.2, -0.15) is 5.10 Å². The second-order valence-electron chi connectivity index (χ2n) is 5.93. The van der Waals surface area contributed by atoms with Gasteiger partial charge in [0.25, 0.3) is 5.91 Å². The van der Waals surface area contributed by atoms with Crippen molar-refractivity contribution >= 4 is 17.5 Å². The van der Waals surface area contributed by atoms with Crippen molar-refractivity contribution < 1.29 is 9.90 Å². The number of aromatic nitrogens is 4. The molecule has 0 unspecified atom stereocenters. The molecule has 3 aromatic rings. The lowest BCUT2D eigenvalue weighted by molar-refractivity contribution is 0.0917. The summed E-state index contributed by atoms with van der Waals surface area (Å²) in [6.45, 7) is 1.55. The Hall–Kier alpha value is -2.77. The van der Waals surface area contributed by atoms with E-state index in [2.05, 4.69) is 20.4 Å². The fourth-order valence-corrected chi connectivity index (χ4v) is 2.47. The number of nitrogens with zero attached hydrogens (tertiary/aromatic N) is 4. The molecule has 0 saturated carbocycles. The van der Waals surface area contributed by atoms with Crippen molar-refractivity contribution in [3.8, 4) is 22.6 Å². The van der Waals surface area contributed by atoms with Crippen LogP contribution in [0.3, 0.4) is 0 Å². The third-order valence-electron chi connectivity index (χ3n) is 3.71. The van der Waals surface area contributed by atoms with Crippen LogP contribution in [0.4, 0.5) is 0 Å². The smallest absolute Gasteiger partial charge is 0.270 e. The van der Waals surface area contributed by atoms with Crippen LogP contribution in [0.25, 0.3) is 22.6 Å². The van der Waals surface area contributed by atoms with Crippen molar-refractivity contribution in [3.63, 3.8) is 0 Å². The Balaban J connectivity index is 2.07. The van der Waals surface area contributed by atoms with Crippen molar-refractivity contribution in [3.05, 3.63) is 53.4 Å². The average molecular weight is 372 g/mol. The minimum Gasteiger partial charge on any atom is -0.394 e. The van der Waals surface area contributed by atoms with E-state index in [1.807, 2.05) is 12.1 Å². The standard InChI is InChI=1S/C18H18ClN5O2/c1-11(10-25)21-18(26)16-7-15(12-3-5-14(19)6-4-12)22-17(23-16)13-8-20-24(2)9-13/h3-9,11,25H,10H2,1-2H3,(H,21,26)/t11-/m1/s1. The number of carbonyl (C=O) groups excluding carboxylic acids is 1. The van der Waals surface area contributed by atoms with Gasteiger partial charge in [-0.25, -0.2) is 9.97 Å². The first kappa shape index (κ1) is 18.0. The Morgan fingerprint density at radius 3 is 2.62 bits per heavy atom. The van der Waals surface area contributed by atoms with Crippen LogP contribution in [-0.2, 0) is 7.05 Å². The van der Waals surface area contributed by atoms with Crippen LogP contribution in [0.1, 0.15) is 17.4 Å². The van der Waals surface area contributed by atoms with Crippen LogP contribution >= 0.6 is 11.6 Å². The Morgan fingerprint density at radius 1 is 1.27 bits per heavy atom. The number of aryl methyl sites for hydroxylation is 1. The molecule has 134 valence electrons. The van der Waals surface area contributed by atoms with E-state index < -0.39 is 0 Å². The number of rotatable bonds is 5. The predicted octanol–water partition coefficient (Wildman–Crippen LogP) is 2.31. The minimum absolute atomic E-state index is 0.156. The molecule has 3 rings (SSSR count). The molecule has 26 heavy (non-hydrogen) atoms. The van der Waals surface area contributed by atoms with Gasteiger partial charge in [0.05, 0.1) is 24.1 Å². The molecule has 8 heteroatoms. The summed E-state index contributed by atoms with van der Waals surface area (Å²) >= 11 is 5.95. The molecule has 1 atom stereocenters. The van der Waals surface area contributed by atoms with Gasteiger partial charge in [0.2, 0.25) is 0 Å². The third kappa shape index (κ3) is 4.07. The van der Waals surface area contributed by atoms with E-state index in [0.717, 1.165) is 5.56 Å². The Bertz CT molecular complexity index is 924. The summed E-state index contributed by atoms with van der Waals surface area (Å²) in [5.74, 6) is 0.0154. The number of amides is 1. The Morgan fingerprint density at radius 2 is 2.00 bits per heavy atom. The van der Waals surface area contributed by atoms with Crippen molar-refractivity contribution in [1.29, 1.82) is 0 Å². The zero-order chi connectivity index (χ0) is 18.7. The van der Waals surface area contributed by atoms with Gasteiger partial charge in [-0.05, 0) is 25.1 Å². The lowest BCUT2D eigenvalue weighted by atomic mass is 10.1. The van der Waals surface area contributed by atoms with Crippen molar-refractivity contribution in [2.24, 2.45) is 7.05 Å². The molecule has 2 heterocycles. The second kappa shape index (κ2) is 7.63. The summed E-state index contributed by atoms with van der Waals surface area (Å²) in [5, 5.41) is 16.6. The van der Waals surface area contributed by atoms with Gasteiger partial charge in [-0.15, -0.1) is 0 Å². The lowest BCUT2D eigenvalue weighted by Crippen LogP contribution is -2.35. The highest BCUT2D eigenvalue weighted by atomic mass is 35.5. The Kier molecular flexibility index (Phi) is 5.29. The summed E-state index contributed by atoms with van der Waals surface area (Å²) in [4.78, 5) is 21.4. The first-order valence-electron chi connectivity index (χ1n) is 8.02. The number of aliphatic hydroxyl groups is 1. The quantitative estimate of drug-likeness (QED) is 0.717. The number of nitrogens with one attached hydrogen (secondary N) is 1. The fraction of sp³-hybridized carbons (Fsp3) is 0.222. The van der Waals surface area contributed by atoms with Gasteiger partial charge < -0.3 is 10.4 Å². The van der Waals surface area contributed by atoms with Gasteiger partial charge >= 0.3 is 0 Å². The van der Waals surface area contributed by atoms with Crippen molar-refractivity contribution in [2.75, 3.05) is 6.61 Å². The molecule has 1 amide bonds. The van der Waals surface area contributed by atoms with E-state index in [9.17, 15) is 4.79 Å². The molecule has 0 radical (unpaired) electrons. The topological polar surface area (TPSA) is 92.9 Å². The molecule has 0 bridgehead atoms. The van der Waals surface area contributed by atoms with E-state index >= 15 is 0 Å². The maximum Gasteiger partial charge on any atom is 0.270 e. The highest BCUT2D eigenvalue weighted by molar-refractivity contribution is 6.30. The molecule has 2 aromatic heterocycles. The fourth-order valence-electron chi connectivity index (χ4n) is 2.34. The molecule has 0 fully saturated rings. The number of hydrogen-bond acceptors (Lipinski definition) is 5. The number of carbonyl (C=O) groups is 1. The normalized spacial score (nSPS) is 12.0. The van der Waals surface area contributed by atoms with E-state index in [-0.39, 0.29) is 24.2 Å². The van der Waals surface area contributed by atoms with Gasteiger partial charge in [-0.1, -0.05) is 23.7 Å². The largest absolute Gasteiger partial charge is 0.394 e. The number of hydrogen-bond donors (Lipinski definition) is 2. The first-order valence-corrected chi connectivity index (χ1v) is 8.40. The molecule has 0 aliphatic carbocycles. The van der Waals surface area contributed by atoms with E-state index in [0.29, 0.717) is 22.1 Å². The molecule has 7 nitrogen and oxygen atoms in total. The molecule has 0 spiro atoms. The first-order chi connectivity index (χ1) is 12.5.